The number of amides is 1. The van der Waals surface area contributed by atoms with Gasteiger partial charge in [-0.05, 0) is 42.9 Å². The number of fused-ring (bicyclic) bond motifs is 1. The summed E-state index contributed by atoms with van der Waals surface area (Å²) in [5.74, 6) is -0.824. The first kappa shape index (κ1) is 14.1. The summed E-state index contributed by atoms with van der Waals surface area (Å²) in [5, 5.41) is 0. The second-order valence-corrected chi connectivity index (χ2v) is 6.90. The van der Waals surface area contributed by atoms with Crippen molar-refractivity contribution in [3.8, 4) is 0 Å². The number of carbonyl (C=O) groups is 2. The SMILES string of the molecule is CN1C(=O)C(=O)c2ccc(N3CCCC(C)(C)CC3)cc21. The van der Waals surface area contributed by atoms with E-state index >= 15 is 0 Å². The first-order chi connectivity index (χ1) is 9.89. The lowest BCUT2D eigenvalue weighted by Gasteiger charge is -2.25. The molecular weight excluding hydrogens is 264 g/mol. The van der Waals surface area contributed by atoms with Crippen LogP contribution in [-0.4, -0.2) is 31.8 Å². The minimum Gasteiger partial charge on any atom is -0.371 e. The third kappa shape index (κ3) is 2.43. The molecule has 0 aromatic heterocycles. The zero-order valence-electron chi connectivity index (χ0n) is 13.0. The number of likely N-dealkylation sites (N-methyl/N-ethyl adjacent to an activating group) is 1. The van der Waals surface area contributed by atoms with Crippen molar-refractivity contribution in [1.82, 2.24) is 0 Å². The van der Waals surface area contributed by atoms with Crippen molar-refractivity contribution in [1.29, 1.82) is 0 Å². The Hall–Kier alpha value is -1.84. The summed E-state index contributed by atoms with van der Waals surface area (Å²) in [7, 11) is 1.67. The molecule has 0 atom stereocenters. The van der Waals surface area contributed by atoms with Gasteiger partial charge < -0.3 is 9.80 Å². The van der Waals surface area contributed by atoms with Crippen LogP contribution in [0, 0.1) is 5.41 Å². The summed E-state index contributed by atoms with van der Waals surface area (Å²) < 4.78 is 0. The third-order valence-corrected chi connectivity index (χ3v) is 4.79. The predicted molar refractivity (Wildman–Crippen MR) is 84.0 cm³/mol. The Bertz CT molecular complexity index is 607. The Morgan fingerprint density at radius 1 is 1.10 bits per heavy atom. The van der Waals surface area contributed by atoms with Crippen molar-refractivity contribution >= 4 is 23.1 Å². The van der Waals surface area contributed by atoms with Gasteiger partial charge in [0.2, 0.25) is 0 Å². The van der Waals surface area contributed by atoms with Crippen molar-refractivity contribution in [2.45, 2.75) is 33.1 Å². The van der Waals surface area contributed by atoms with Crippen LogP contribution in [0.15, 0.2) is 18.2 Å². The Balaban J connectivity index is 1.88. The van der Waals surface area contributed by atoms with Gasteiger partial charge in [-0.25, -0.2) is 0 Å². The molecule has 1 aromatic rings. The number of hydrogen-bond acceptors (Lipinski definition) is 3. The lowest BCUT2D eigenvalue weighted by molar-refractivity contribution is -0.114. The maximum Gasteiger partial charge on any atom is 0.299 e. The molecule has 1 aromatic carbocycles. The average Bonchev–Trinajstić information content (AvgIpc) is 2.60. The van der Waals surface area contributed by atoms with E-state index in [2.05, 4.69) is 18.7 Å². The van der Waals surface area contributed by atoms with Crippen LogP contribution in [0.5, 0.6) is 0 Å². The van der Waals surface area contributed by atoms with E-state index in [1.807, 2.05) is 12.1 Å². The minimum absolute atomic E-state index is 0.393. The number of nitrogens with zero attached hydrogens (tertiary/aromatic N) is 2. The molecule has 3 rings (SSSR count). The van der Waals surface area contributed by atoms with E-state index in [0.29, 0.717) is 11.0 Å². The molecule has 0 unspecified atom stereocenters. The molecular formula is C17H22N2O2. The Kier molecular flexibility index (Phi) is 3.27. The number of carbonyl (C=O) groups excluding carboxylic acids is 2. The largest absolute Gasteiger partial charge is 0.371 e. The molecule has 4 nitrogen and oxygen atoms in total. The van der Waals surface area contributed by atoms with Crippen LogP contribution >= 0.6 is 0 Å². The Labute approximate surface area is 125 Å². The van der Waals surface area contributed by atoms with Gasteiger partial charge in [-0.2, -0.15) is 0 Å². The molecule has 0 aliphatic carbocycles. The lowest BCUT2D eigenvalue weighted by Crippen LogP contribution is -2.26. The fraction of sp³-hybridized carbons (Fsp3) is 0.529. The van der Waals surface area contributed by atoms with Crippen LogP contribution in [0.25, 0.3) is 0 Å². The van der Waals surface area contributed by atoms with Gasteiger partial charge in [0.15, 0.2) is 0 Å². The quantitative estimate of drug-likeness (QED) is 0.745. The van der Waals surface area contributed by atoms with Gasteiger partial charge in [-0.15, -0.1) is 0 Å². The summed E-state index contributed by atoms with van der Waals surface area (Å²) in [6.07, 6.45) is 3.58. The van der Waals surface area contributed by atoms with Crippen molar-refractivity contribution in [3.63, 3.8) is 0 Å². The van der Waals surface area contributed by atoms with Crippen molar-refractivity contribution in [2.24, 2.45) is 5.41 Å². The molecule has 112 valence electrons. The zero-order valence-corrected chi connectivity index (χ0v) is 13.0. The fourth-order valence-corrected chi connectivity index (χ4v) is 3.24. The number of hydrogen-bond donors (Lipinski definition) is 0. The smallest absolute Gasteiger partial charge is 0.299 e. The second-order valence-electron chi connectivity index (χ2n) is 6.90. The normalized spacial score (nSPS) is 21.5. The highest BCUT2D eigenvalue weighted by Crippen LogP contribution is 2.35. The van der Waals surface area contributed by atoms with Gasteiger partial charge in [0, 0.05) is 25.8 Å². The van der Waals surface area contributed by atoms with Gasteiger partial charge in [0.1, 0.15) is 0 Å². The molecule has 0 bridgehead atoms. The highest BCUT2D eigenvalue weighted by atomic mass is 16.2. The van der Waals surface area contributed by atoms with Crippen LogP contribution in [0.1, 0.15) is 43.5 Å². The van der Waals surface area contributed by atoms with E-state index in [9.17, 15) is 9.59 Å². The number of Topliss-reactive ketones (excluding diaryl/α,β-unsaturated/α-hetero) is 1. The second kappa shape index (κ2) is 4.86. The first-order valence-electron chi connectivity index (χ1n) is 7.60. The fourth-order valence-electron chi connectivity index (χ4n) is 3.24. The highest BCUT2D eigenvalue weighted by Gasteiger charge is 2.34. The zero-order chi connectivity index (χ0) is 15.2. The molecule has 0 saturated carbocycles. The summed E-state index contributed by atoms with van der Waals surface area (Å²) in [5.41, 5.74) is 2.78. The minimum atomic E-state index is -0.431. The molecule has 2 heterocycles. The van der Waals surface area contributed by atoms with E-state index in [1.54, 1.807) is 13.1 Å². The summed E-state index contributed by atoms with van der Waals surface area (Å²) in [6.45, 7) is 6.71. The van der Waals surface area contributed by atoms with E-state index < -0.39 is 11.7 Å². The van der Waals surface area contributed by atoms with Gasteiger partial charge in [0.05, 0.1) is 11.3 Å². The summed E-state index contributed by atoms with van der Waals surface area (Å²) >= 11 is 0. The molecule has 0 spiro atoms. The van der Waals surface area contributed by atoms with Crippen molar-refractivity contribution in [3.05, 3.63) is 23.8 Å². The molecule has 0 N–H and O–H groups in total. The first-order valence-corrected chi connectivity index (χ1v) is 7.60. The molecule has 1 fully saturated rings. The third-order valence-electron chi connectivity index (χ3n) is 4.79. The predicted octanol–water partition coefficient (Wildman–Crippen LogP) is 2.86. The van der Waals surface area contributed by atoms with E-state index in [4.69, 9.17) is 0 Å². The molecule has 2 aliphatic heterocycles. The molecule has 2 aliphatic rings. The topological polar surface area (TPSA) is 40.6 Å². The Morgan fingerprint density at radius 2 is 1.86 bits per heavy atom. The highest BCUT2D eigenvalue weighted by molar-refractivity contribution is 6.52. The van der Waals surface area contributed by atoms with Crippen LogP contribution in [0.3, 0.4) is 0 Å². The van der Waals surface area contributed by atoms with Crippen LogP contribution in [0.2, 0.25) is 0 Å². The summed E-state index contributed by atoms with van der Waals surface area (Å²) in [4.78, 5) is 27.4. The molecule has 1 saturated heterocycles. The maximum absolute atomic E-state index is 11.8. The van der Waals surface area contributed by atoms with Crippen LogP contribution in [-0.2, 0) is 4.79 Å². The number of ketones is 1. The van der Waals surface area contributed by atoms with E-state index in [1.165, 1.54) is 17.7 Å². The maximum atomic E-state index is 11.8. The standard InChI is InChI=1S/C17H22N2O2/c1-17(2)7-4-9-19(10-8-17)12-5-6-13-14(11-12)18(3)16(21)15(13)20/h5-6,11H,4,7-10H2,1-3H3. The van der Waals surface area contributed by atoms with Crippen molar-refractivity contribution in [2.75, 3.05) is 29.9 Å². The molecule has 4 heteroatoms. The monoisotopic (exact) mass is 286 g/mol. The van der Waals surface area contributed by atoms with Crippen LogP contribution < -0.4 is 9.80 Å². The number of benzene rings is 1. The summed E-state index contributed by atoms with van der Waals surface area (Å²) in [6, 6.07) is 5.75. The lowest BCUT2D eigenvalue weighted by atomic mass is 9.85. The molecule has 21 heavy (non-hydrogen) atoms. The molecule has 1 amide bonds. The van der Waals surface area contributed by atoms with Gasteiger partial charge in [-0.1, -0.05) is 13.8 Å². The van der Waals surface area contributed by atoms with Crippen LogP contribution in [0.4, 0.5) is 11.4 Å². The number of rotatable bonds is 1. The Morgan fingerprint density at radius 3 is 2.62 bits per heavy atom. The molecule has 0 radical (unpaired) electrons. The van der Waals surface area contributed by atoms with Gasteiger partial charge in [0.25, 0.3) is 11.7 Å². The van der Waals surface area contributed by atoms with E-state index in [-0.39, 0.29) is 0 Å². The average molecular weight is 286 g/mol. The van der Waals surface area contributed by atoms with Crippen molar-refractivity contribution < 1.29 is 9.59 Å². The van der Waals surface area contributed by atoms with E-state index in [0.717, 1.165) is 30.9 Å². The van der Waals surface area contributed by atoms with Gasteiger partial charge in [-0.3, -0.25) is 9.59 Å². The number of anilines is 2. The van der Waals surface area contributed by atoms with Gasteiger partial charge >= 0.3 is 0 Å².